The summed E-state index contributed by atoms with van der Waals surface area (Å²) >= 11 is 0. The van der Waals surface area contributed by atoms with E-state index in [1.54, 1.807) is 4.94 Å². The van der Waals surface area contributed by atoms with Crippen LogP contribution in [0.3, 0.4) is 0 Å². The molecule has 0 aliphatic carbocycles. The highest BCUT2D eigenvalue weighted by molar-refractivity contribution is 5.85. The molecule has 0 rings (SSSR count). The minimum absolute atomic E-state index is 0. The predicted molar refractivity (Wildman–Crippen MR) is 30.3 cm³/mol. The molecule has 86 valence electrons. The van der Waals surface area contributed by atoms with E-state index in [1.807, 2.05) is 0 Å². The highest BCUT2D eigenvalue weighted by Gasteiger charge is 2.69. The molecule has 0 aliphatic heterocycles. The van der Waals surface area contributed by atoms with Crippen molar-refractivity contribution in [2.24, 2.45) is 0 Å². The Morgan fingerprint density at radius 2 is 1.50 bits per heavy atom. The summed E-state index contributed by atoms with van der Waals surface area (Å²) in [4.78, 5) is 11.4. The van der Waals surface area contributed by atoms with Crippen LogP contribution in [0, 0.1) is 0 Å². The van der Waals surface area contributed by atoms with Crippen molar-refractivity contribution in [2.45, 2.75) is 18.3 Å². The smallest absolute Gasteiger partial charge is 0.248 e. The first-order chi connectivity index (χ1) is 5.67. The van der Waals surface area contributed by atoms with E-state index in [4.69, 9.17) is 0 Å². The first kappa shape index (κ1) is 15.7. The number of hydrogen-bond donors (Lipinski definition) is 0. The van der Waals surface area contributed by atoms with Crippen molar-refractivity contribution < 1.29 is 40.6 Å². The van der Waals surface area contributed by atoms with E-state index < -0.39 is 24.2 Å². The van der Waals surface area contributed by atoms with E-state index in [1.165, 1.54) is 0 Å². The normalized spacial score (nSPS) is 12.3. The molecule has 0 aromatic heterocycles. The SMILES string of the molecule is Cl.O=C(OF)C(F)(F)C(F)(F)C(F)F. The minimum Gasteiger partial charge on any atom is -0.248 e. The van der Waals surface area contributed by atoms with Gasteiger partial charge in [-0.3, -0.25) is 0 Å². The quantitative estimate of drug-likeness (QED) is 0.719. The third-order valence-corrected chi connectivity index (χ3v) is 1.02. The van der Waals surface area contributed by atoms with Gasteiger partial charge in [-0.25, -0.2) is 18.5 Å². The van der Waals surface area contributed by atoms with E-state index in [9.17, 15) is 35.7 Å². The average molecular weight is 250 g/mol. The molecule has 0 unspecified atom stereocenters. The lowest BCUT2D eigenvalue weighted by Crippen LogP contribution is -2.51. The summed E-state index contributed by atoms with van der Waals surface area (Å²) in [5, 5.41) is 0. The molecule has 0 saturated carbocycles. The van der Waals surface area contributed by atoms with Gasteiger partial charge >= 0.3 is 24.2 Å². The highest BCUT2D eigenvalue weighted by atomic mass is 35.5. The molecule has 0 heterocycles. The van der Waals surface area contributed by atoms with Gasteiger partial charge in [-0.05, 0) is 0 Å². The molecule has 10 heteroatoms. The molecule has 2 nitrogen and oxygen atoms in total. The monoisotopic (exact) mass is 250 g/mol. The van der Waals surface area contributed by atoms with E-state index in [0.29, 0.717) is 0 Å². The molecule has 0 amide bonds. The molecule has 0 N–H and O–H groups in total. The van der Waals surface area contributed by atoms with Crippen molar-refractivity contribution in [3.63, 3.8) is 0 Å². The number of carbonyl (C=O) groups is 1. The zero-order chi connectivity index (χ0) is 10.9. The maximum Gasteiger partial charge on any atom is 0.424 e. The number of rotatable bonds is 3. The van der Waals surface area contributed by atoms with E-state index in [0.717, 1.165) is 0 Å². The Labute approximate surface area is 78.3 Å². The van der Waals surface area contributed by atoms with Crippen LogP contribution in [-0.4, -0.2) is 24.2 Å². The van der Waals surface area contributed by atoms with Crippen LogP contribution < -0.4 is 0 Å². The molecule has 0 bridgehead atoms. The standard InChI is InChI=1S/C4HF7O2.ClH/c5-1(6)3(7,8)4(9,10)2(12)13-11;/h1H;1H. The maximum atomic E-state index is 11.9. The zero-order valence-corrected chi connectivity index (χ0v) is 6.76. The third kappa shape index (κ3) is 2.40. The molecule has 0 atom stereocenters. The fraction of sp³-hybridized carbons (Fsp3) is 0.750. The van der Waals surface area contributed by atoms with Gasteiger partial charge in [0.05, 0.1) is 0 Å². The zero-order valence-electron chi connectivity index (χ0n) is 5.95. The fourth-order valence-electron chi connectivity index (χ4n) is 0.322. The van der Waals surface area contributed by atoms with Crippen molar-refractivity contribution >= 4 is 18.4 Å². The number of carbonyl (C=O) groups excluding carboxylic acids is 1. The van der Waals surface area contributed by atoms with Gasteiger partial charge in [0.2, 0.25) is 0 Å². The Hall–Kier alpha value is -0.730. The molecule has 0 saturated heterocycles. The van der Waals surface area contributed by atoms with Gasteiger partial charge in [0, 0.05) is 4.53 Å². The summed E-state index contributed by atoms with van der Waals surface area (Å²) in [6.07, 6.45) is -4.80. The van der Waals surface area contributed by atoms with Gasteiger partial charge in [0.25, 0.3) is 0 Å². The molecule has 0 fully saturated rings. The summed E-state index contributed by atoms with van der Waals surface area (Å²) in [6, 6.07) is 0. The van der Waals surface area contributed by atoms with Gasteiger partial charge in [-0.15, -0.1) is 12.4 Å². The van der Waals surface area contributed by atoms with E-state index >= 15 is 0 Å². The predicted octanol–water partition coefficient (Wildman–Crippen LogP) is 2.37. The van der Waals surface area contributed by atoms with E-state index in [2.05, 4.69) is 0 Å². The van der Waals surface area contributed by atoms with Crippen LogP contribution in [0.5, 0.6) is 0 Å². The van der Waals surface area contributed by atoms with Crippen molar-refractivity contribution in [3.8, 4) is 0 Å². The minimum atomic E-state index is -5.96. The third-order valence-electron chi connectivity index (χ3n) is 1.02. The first-order valence-electron chi connectivity index (χ1n) is 2.54. The van der Waals surface area contributed by atoms with E-state index in [-0.39, 0.29) is 12.4 Å². The van der Waals surface area contributed by atoms with Crippen molar-refractivity contribution in [2.75, 3.05) is 0 Å². The summed E-state index contributed by atoms with van der Waals surface area (Å²) < 4.78 is 80.6. The fourth-order valence-corrected chi connectivity index (χ4v) is 0.322. The largest absolute Gasteiger partial charge is 0.424 e. The molecule has 0 aromatic carbocycles. The second-order valence-electron chi connectivity index (χ2n) is 1.86. The lowest BCUT2D eigenvalue weighted by Gasteiger charge is -2.21. The van der Waals surface area contributed by atoms with Crippen molar-refractivity contribution in [3.05, 3.63) is 0 Å². The molecular formula is C4H2ClF7O2. The molecular weight excluding hydrogens is 248 g/mol. The first-order valence-corrected chi connectivity index (χ1v) is 2.54. The molecule has 0 radical (unpaired) electrons. The van der Waals surface area contributed by atoms with Crippen molar-refractivity contribution in [1.82, 2.24) is 0 Å². The Kier molecular flexibility index (Phi) is 5.25. The summed E-state index contributed by atoms with van der Waals surface area (Å²) in [5.41, 5.74) is 0. The van der Waals surface area contributed by atoms with Crippen LogP contribution in [0.4, 0.5) is 30.9 Å². The number of hydrogen-bond acceptors (Lipinski definition) is 2. The summed E-state index contributed by atoms with van der Waals surface area (Å²) in [6.45, 7) is 0. The lowest BCUT2D eigenvalue weighted by molar-refractivity contribution is -0.281. The molecule has 0 aliphatic rings. The second-order valence-corrected chi connectivity index (χ2v) is 1.86. The average Bonchev–Trinajstić information content (AvgIpc) is 2.02. The van der Waals surface area contributed by atoms with Gasteiger partial charge in [-0.1, -0.05) is 0 Å². The summed E-state index contributed by atoms with van der Waals surface area (Å²) in [7, 11) is 0. The van der Waals surface area contributed by atoms with Gasteiger partial charge in [0.1, 0.15) is 0 Å². The second kappa shape index (κ2) is 4.67. The van der Waals surface area contributed by atoms with Crippen LogP contribution in [0.1, 0.15) is 0 Å². The Bertz CT molecular complexity index is 206. The molecule has 0 spiro atoms. The maximum absolute atomic E-state index is 11.9. The number of halogens is 8. The van der Waals surface area contributed by atoms with Crippen LogP contribution in [0.15, 0.2) is 0 Å². The van der Waals surface area contributed by atoms with Gasteiger partial charge in [-0.2, -0.15) is 17.6 Å². The molecule has 14 heavy (non-hydrogen) atoms. The Morgan fingerprint density at radius 1 is 1.14 bits per heavy atom. The Balaban J connectivity index is 0. The molecule has 0 aromatic rings. The van der Waals surface area contributed by atoms with Crippen LogP contribution in [-0.2, 0) is 9.74 Å². The van der Waals surface area contributed by atoms with Crippen molar-refractivity contribution in [1.29, 1.82) is 0 Å². The van der Waals surface area contributed by atoms with Crippen LogP contribution in [0.2, 0.25) is 0 Å². The Morgan fingerprint density at radius 3 is 1.71 bits per heavy atom. The van der Waals surface area contributed by atoms with Gasteiger partial charge in [0.15, 0.2) is 0 Å². The number of alkyl halides is 6. The van der Waals surface area contributed by atoms with Crippen LogP contribution >= 0.6 is 12.4 Å². The summed E-state index contributed by atoms with van der Waals surface area (Å²) in [5.74, 6) is -15.2. The highest BCUT2D eigenvalue weighted by Crippen LogP contribution is 2.39. The van der Waals surface area contributed by atoms with Crippen LogP contribution in [0.25, 0.3) is 0 Å². The lowest BCUT2D eigenvalue weighted by atomic mass is 10.2. The topological polar surface area (TPSA) is 26.3 Å². The van der Waals surface area contributed by atoms with Gasteiger partial charge < -0.3 is 0 Å².